The summed E-state index contributed by atoms with van der Waals surface area (Å²) in [7, 11) is 3.04. The SMILES string of the molecule is COc1ccc(/C=C2/SC(=Nc3ccc(Cl)cc3[N+](=O)[O-])NC2=O)c(Br)c1OC. The van der Waals surface area contributed by atoms with Gasteiger partial charge in [0.1, 0.15) is 5.69 Å². The first kappa shape index (κ1) is 21.2. The number of nitro benzene ring substituents is 1. The summed E-state index contributed by atoms with van der Waals surface area (Å²) >= 11 is 10.3. The zero-order valence-electron chi connectivity index (χ0n) is 15.1. The molecule has 0 unspecified atom stereocenters. The number of benzene rings is 2. The number of methoxy groups -OCH3 is 2. The number of nitrogens with zero attached hydrogens (tertiary/aromatic N) is 2. The summed E-state index contributed by atoms with van der Waals surface area (Å²) < 4.78 is 11.2. The van der Waals surface area contributed by atoms with Crippen molar-refractivity contribution in [3.8, 4) is 11.5 Å². The molecular weight excluding hydrogens is 486 g/mol. The number of ether oxygens (including phenoxy) is 2. The maximum absolute atomic E-state index is 12.3. The van der Waals surface area contributed by atoms with Crippen LogP contribution in [0.15, 0.2) is 44.7 Å². The van der Waals surface area contributed by atoms with Crippen LogP contribution in [0.25, 0.3) is 6.08 Å². The van der Waals surface area contributed by atoms with E-state index in [1.54, 1.807) is 18.2 Å². The van der Waals surface area contributed by atoms with Crippen LogP contribution in [0.1, 0.15) is 5.56 Å². The molecule has 0 saturated carbocycles. The maximum Gasteiger partial charge on any atom is 0.296 e. The molecule has 1 aliphatic rings. The number of hydrogen-bond acceptors (Lipinski definition) is 7. The van der Waals surface area contributed by atoms with Gasteiger partial charge in [0.15, 0.2) is 16.7 Å². The number of nitro groups is 1. The summed E-state index contributed by atoms with van der Waals surface area (Å²) in [5, 5.41) is 14.3. The van der Waals surface area contributed by atoms with Gasteiger partial charge >= 0.3 is 0 Å². The second-order valence-electron chi connectivity index (χ2n) is 5.58. The standard InChI is InChI=1S/C18H13BrClN3O5S/c1-27-13-6-3-9(15(19)16(13)28-2)7-14-17(24)22-18(29-14)21-11-5-4-10(20)8-12(11)23(25)26/h3-8H,1-2H3,(H,21,22,24)/b14-7+. The molecule has 0 spiro atoms. The van der Waals surface area contributed by atoms with Crippen LogP contribution >= 0.6 is 39.3 Å². The quantitative estimate of drug-likeness (QED) is 0.357. The molecule has 2 aromatic rings. The van der Waals surface area contributed by atoms with Gasteiger partial charge in [0, 0.05) is 11.1 Å². The number of amides is 1. The molecule has 29 heavy (non-hydrogen) atoms. The van der Waals surface area contributed by atoms with Gasteiger partial charge in [-0.25, -0.2) is 4.99 Å². The number of hydrogen-bond donors (Lipinski definition) is 1. The largest absolute Gasteiger partial charge is 0.493 e. The van der Waals surface area contributed by atoms with Crippen LogP contribution < -0.4 is 14.8 Å². The predicted molar refractivity (Wildman–Crippen MR) is 116 cm³/mol. The molecular formula is C18H13BrClN3O5S. The average molecular weight is 499 g/mol. The molecule has 11 heteroatoms. The van der Waals surface area contributed by atoms with Crippen molar-refractivity contribution in [3.05, 3.63) is 60.4 Å². The minimum atomic E-state index is -0.579. The van der Waals surface area contributed by atoms with E-state index in [9.17, 15) is 14.9 Å². The number of nitrogens with one attached hydrogen (secondary N) is 1. The maximum atomic E-state index is 12.3. The van der Waals surface area contributed by atoms with Gasteiger partial charge in [-0.3, -0.25) is 14.9 Å². The average Bonchev–Trinajstić information content (AvgIpc) is 3.03. The number of thioether (sulfide) groups is 1. The van der Waals surface area contributed by atoms with E-state index in [2.05, 4.69) is 26.2 Å². The van der Waals surface area contributed by atoms with Crippen molar-refractivity contribution >= 4 is 67.8 Å². The molecule has 2 aromatic carbocycles. The summed E-state index contributed by atoms with van der Waals surface area (Å²) in [5.74, 6) is 0.672. The predicted octanol–water partition coefficient (Wildman–Crippen LogP) is 4.92. The second-order valence-corrected chi connectivity index (χ2v) is 7.84. The first-order valence-electron chi connectivity index (χ1n) is 7.98. The summed E-state index contributed by atoms with van der Waals surface area (Å²) in [6, 6.07) is 7.62. The lowest BCUT2D eigenvalue weighted by molar-refractivity contribution is -0.384. The summed E-state index contributed by atoms with van der Waals surface area (Å²) in [6.07, 6.45) is 1.66. The molecule has 1 saturated heterocycles. The molecule has 0 atom stereocenters. The minimum Gasteiger partial charge on any atom is -0.493 e. The van der Waals surface area contributed by atoms with Crippen LogP contribution in [0.2, 0.25) is 5.02 Å². The van der Waals surface area contributed by atoms with E-state index < -0.39 is 4.92 Å². The molecule has 1 fully saturated rings. The number of rotatable bonds is 5. The van der Waals surface area contributed by atoms with Gasteiger partial charge < -0.3 is 14.8 Å². The highest BCUT2D eigenvalue weighted by atomic mass is 79.9. The van der Waals surface area contributed by atoms with Gasteiger partial charge in [0.2, 0.25) is 0 Å². The van der Waals surface area contributed by atoms with Crippen LogP contribution in [0, 0.1) is 10.1 Å². The molecule has 1 amide bonds. The zero-order valence-corrected chi connectivity index (χ0v) is 18.2. The Morgan fingerprint density at radius 2 is 2.03 bits per heavy atom. The highest BCUT2D eigenvalue weighted by Gasteiger charge is 2.26. The number of halogens is 2. The van der Waals surface area contributed by atoms with Crippen molar-refractivity contribution in [2.24, 2.45) is 4.99 Å². The Kier molecular flexibility index (Phi) is 6.46. The molecule has 1 heterocycles. The van der Waals surface area contributed by atoms with Gasteiger partial charge in [-0.05, 0) is 63.6 Å². The topological polar surface area (TPSA) is 103 Å². The van der Waals surface area contributed by atoms with Crippen molar-refractivity contribution in [3.63, 3.8) is 0 Å². The van der Waals surface area contributed by atoms with E-state index >= 15 is 0 Å². The monoisotopic (exact) mass is 497 g/mol. The van der Waals surface area contributed by atoms with Crippen molar-refractivity contribution in [2.45, 2.75) is 0 Å². The summed E-state index contributed by atoms with van der Waals surface area (Å²) in [6.45, 7) is 0. The lowest BCUT2D eigenvalue weighted by Gasteiger charge is -2.11. The number of amidine groups is 1. The van der Waals surface area contributed by atoms with E-state index in [1.165, 1.54) is 32.4 Å². The molecule has 0 radical (unpaired) electrons. The molecule has 8 nitrogen and oxygen atoms in total. The van der Waals surface area contributed by atoms with E-state index in [0.29, 0.717) is 26.4 Å². The smallest absolute Gasteiger partial charge is 0.296 e. The molecule has 150 valence electrons. The Hall–Kier alpha value is -2.56. The van der Waals surface area contributed by atoms with Crippen LogP contribution in [0.5, 0.6) is 11.5 Å². The van der Waals surface area contributed by atoms with Crippen molar-refractivity contribution < 1.29 is 19.2 Å². The molecule has 0 aliphatic carbocycles. The van der Waals surface area contributed by atoms with Crippen LogP contribution in [-0.4, -0.2) is 30.2 Å². The fourth-order valence-corrected chi connectivity index (χ4v) is 4.08. The highest BCUT2D eigenvalue weighted by Crippen LogP contribution is 2.40. The van der Waals surface area contributed by atoms with Gasteiger partial charge in [-0.2, -0.15) is 0 Å². The van der Waals surface area contributed by atoms with E-state index in [1.807, 2.05) is 0 Å². The molecule has 0 aromatic heterocycles. The Balaban J connectivity index is 1.94. The first-order valence-corrected chi connectivity index (χ1v) is 9.96. The fraction of sp³-hybridized carbons (Fsp3) is 0.111. The van der Waals surface area contributed by atoms with E-state index in [4.69, 9.17) is 21.1 Å². The van der Waals surface area contributed by atoms with E-state index in [0.717, 1.165) is 11.8 Å². The normalized spacial score (nSPS) is 16.2. The molecule has 0 bridgehead atoms. The Labute approximate surface area is 183 Å². The highest BCUT2D eigenvalue weighted by molar-refractivity contribution is 9.10. The Morgan fingerprint density at radius 1 is 1.28 bits per heavy atom. The van der Waals surface area contributed by atoms with Crippen LogP contribution in [0.3, 0.4) is 0 Å². The van der Waals surface area contributed by atoms with Gasteiger partial charge in [0.05, 0.1) is 28.5 Å². The Bertz CT molecular complexity index is 1070. The van der Waals surface area contributed by atoms with E-state index in [-0.39, 0.29) is 27.5 Å². The third-order valence-corrected chi connectivity index (χ3v) is 5.77. The van der Waals surface area contributed by atoms with Crippen molar-refractivity contribution in [2.75, 3.05) is 14.2 Å². The summed E-state index contributed by atoms with van der Waals surface area (Å²) in [5.41, 5.74) is 0.537. The second kappa shape index (κ2) is 8.85. The van der Waals surface area contributed by atoms with Crippen molar-refractivity contribution in [1.82, 2.24) is 5.32 Å². The fourth-order valence-electron chi connectivity index (χ4n) is 2.48. The summed E-state index contributed by atoms with van der Waals surface area (Å²) in [4.78, 5) is 27.5. The third-order valence-electron chi connectivity index (χ3n) is 3.81. The lowest BCUT2D eigenvalue weighted by Crippen LogP contribution is -2.19. The van der Waals surface area contributed by atoms with Crippen LogP contribution in [0.4, 0.5) is 11.4 Å². The Morgan fingerprint density at radius 3 is 2.69 bits per heavy atom. The van der Waals surface area contributed by atoms with Crippen molar-refractivity contribution in [1.29, 1.82) is 0 Å². The first-order chi connectivity index (χ1) is 13.8. The third kappa shape index (κ3) is 4.55. The number of carbonyl (C=O) groups excluding carboxylic acids is 1. The van der Waals surface area contributed by atoms with Gasteiger partial charge in [0.25, 0.3) is 11.6 Å². The lowest BCUT2D eigenvalue weighted by atomic mass is 10.2. The molecule has 1 aliphatic heterocycles. The van der Waals surface area contributed by atoms with Crippen LogP contribution in [-0.2, 0) is 4.79 Å². The van der Waals surface area contributed by atoms with Gasteiger partial charge in [-0.15, -0.1) is 0 Å². The number of aliphatic imine (C=N–C) groups is 1. The zero-order chi connectivity index (χ0) is 21.1. The van der Waals surface area contributed by atoms with Gasteiger partial charge in [-0.1, -0.05) is 11.6 Å². The molecule has 3 rings (SSSR count). The number of carbonyl (C=O) groups is 1. The molecule has 1 N–H and O–H groups in total. The minimum absolute atomic E-state index is 0.0933.